The number of pyridine rings is 1. The fourth-order valence-electron chi connectivity index (χ4n) is 2.41. The first-order chi connectivity index (χ1) is 9.47. The van der Waals surface area contributed by atoms with Crippen LogP contribution in [0, 0.1) is 16.0 Å². The Hall–Kier alpha value is -1.89. The largest absolute Gasteiger partial charge is 0.369 e. The Bertz CT molecular complexity index is 537. The van der Waals surface area contributed by atoms with E-state index in [4.69, 9.17) is 17.3 Å². The number of hydrogen-bond donors (Lipinski definition) is 2. The van der Waals surface area contributed by atoms with Crippen LogP contribution in [0.5, 0.6) is 0 Å². The van der Waals surface area contributed by atoms with E-state index in [-0.39, 0.29) is 28.6 Å². The molecule has 1 heterocycles. The lowest BCUT2D eigenvalue weighted by atomic mass is 9.85. The van der Waals surface area contributed by atoms with Gasteiger partial charge < -0.3 is 11.1 Å². The zero-order valence-corrected chi connectivity index (χ0v) is 11.5. The standard InChI is InChI=1S/C12H15ClN4O3/c13-10-5-9(17(19)20)6-15-12(10)16-8-3-1-2-7(4-8)11(14)18/h5-8H,1-4H2,(H2,14,18)(H,15,16). The Kier molecular flexibility index (Phi) is 4.39. The number of hydrogen-bond acceptors (Lipinski definition) is 5. The molecular weight excluding hydrogens is 284 g/mol. The van der Waals surface area contributed by atoms with Gasteiger partial charge in [0.1, 0.15) is 12.0 Å². The predicted octanol–water partition coefficient (Wildman–Crippen LogP) is 2.10. The second-order valence-electron chi connectivity index (χ2n) is 4.89. The Balaban J connectivity index is 2.06. The number of primary amides is 1. The van der Waals surface area contributed by atoms with Crippen LogP contribution in [0.25, 0.3) is 0 Å². The lowest BCUT2D eigenvalue weighted by Gasteiger charge is -2.28. The number of nitrogens with one attached hydrogen (secondary N) is 1. The van der Waals surface area contributed by atoms with Crippen molar-refractivity contribution >= 4 is 29.0 Å². The van der Waals surface area contributed by atoms with E-state index in [0.29, 0.717) is 12.2 Å². The number of aromatic nitrogens is 1. The van der Waals surface area contributed by atoms with Crippen molar-refractivity contribution in [3.05, 3.63) is 27.4 Å². The van der Waals surface area contributed by atoms with Crippen LogP contribution in [0.2, 0.25) is 5.02 Å². The molecule has 1 aliphatic rings. The van der Waals surface area contributed by atoms with E-state index < -0.39 is 4.92 Å². The van der Waals surface area contributed by atoms with E-state index in [2.05, 4.69) is 10.3 Å². The van der Waals surface area contributed by atoms with Crippen LogP contribution in [0.1, 0.15) is 25.7 Å². The number of anilines is 1. The summed E-state index contributed by atoms with van der Waals surface area (Å²) in [5, 5.41) is 13.9. The molecule has 8 heteroatoms. The van der Waals surface area contributed by atoms with Crippen LogP contribution in [-0.4, -0.2) is 21.9 Å². The lowest BCUT2D eigenvalue weighted by molar-refractivity contribution is -0.385. The minimum absolute atomic E-state index is 0.0488. The van der Waals surface area contributed by atoms with Gasteiger partial charge in [0.2, 0.25) is 5.91 Å². The highest BCUT2D eigenvalue weighted by Gasteiger charge is 2.26. The Morgan fingerprint density at radius 1 is 1.55 bits per heavy atom. The van der Waals surface area contributed by atoms with Crippen LogP contribution >= 0.6 is 11.6 Å². The van der Waals surface area contributed by atoms with Gasteiger partial charge in [-0.1, -0.05) is 18.0 Å². The van der Waals surface area contributed by atoms with Crippen LogP contribution < -0.4 is 11.1 Å². The molecule has 1 saturated carbocycles. The van der Waals surface area contributed by atoms with Gasteiger partial charge in [-0.3, -0.25) is 14.9 Å². The average molecular weight is 299 g/mol. The SMILES string of the molecule is NC(=O)C1CCCC(Nc2ncc([N+](=O)[O-])cc2Cl)C1. The van der Waals surface area contributed by atoms with Gasteiger partial charge in [0.05, 0.1) is 9.95 Å². The van der Waals surface area contributed by atoms with E-state index in [0.717, 1.165) is 25.5 Å². The molecule has 0 spiro atoms. The highest BCUT2D eigenvalue weighted by atomic mass is 35.5. The summed E-state index contributed by atoms with van der Waals surface area (Å²) >= 11 is 5.97. The number of carbonyl (C=O) groups is 1. The first-order valence-corrected chi connectivity index (χ1v) is 6.71. The summed E-state index contributed by atoms with van der Waals surface area (Å²) in [6.07, 6.45) is 4.37. The number of amides is 1. The molecule has 2 rings (SSSR count). The zero-order chi connectivity index (χ0) is 14.7. The molecule has 1 amide bonds. The third kappa shape index (κ3) is 3.36. The Labute approximate surface area is 120 Å². The van der Waals surface area contributed by atoms with E-state index >= 15 is 0 Å². The van der Waals surface area contributed by atoms with Crippen molar-refractivity contribution in [3.8, 4) is 0 Å². The van der Waals surface area contributed by atoms with E-state index in [1.807, 2.05) is 0 Å². The predicted molar refractivity (Wildman–Crippen MR) is 74.5 cm³/mol. The Morgan fingerprint density at radius 3 is 2.90 bits per heavy atom. The molecule has 1 aromatic rings. The number of nitrogens with two attached hydrogens (primary N) is 1. The first-order valence-electron chi connectivity index (χ1n) is 6.33. The van der Waals surface area contributed by atoms with E-state index in [1.165, 1.54) is 6.07 Å². The van der Waals surface area contributed by atoms with Crippen LogP contribution in [-0.2, 0) is 4.79 Å². The second kappa shape index (κ2) is 6.04. The fourth-order valence-corrected chi connectivity index (χ4v) is 2.62. The quantitative estimate of drug-likeness (QED) is 0.653. The smallest absolute Gasteiger partial charge is 0.289 e. The average Bonchev–Trinajstić information content (AvgIpc) is 2.41. The normalized spacial score (nSPS) is 22.2. The molecule has 108 valence electrons. The number of nitro groups is 1. The van der Waals surface area contributed by atoms with Gasteiger partial charge in [0, 0.05) is 18.0 Å². The molecule has 0 aliphatic heterocycles. The second-order valence-corrected chi connectivity index (χ2v) is 5.30. The first kappa shape index (κ1) is 14.5. The fraction of sp³-hybridized carbons (Fsp3) is 0.500. The zero-order valence-electron chi connectivity index (χ0n) is 10.7. The molecule has 3 N–H and O–H groups in total. The van der Waals surface area contributed by atoms with Gasteiger partial charge >= 0.3 is 0 Å². The summed E-state index contributed by atoms with van der Waals surface area (Å²) in [5.74, 6) is -0.0373. The lowest BCUT2D eigenvalue weighted by Crippen LogP contribution is -2.34. The van der Waals surface area contributed by atoms with Gasteiger partial charge in [0.15, 0.2) is 0 Å². The van der Waals surface area contributed by atoms with Gasteiger partial charge in [-0.05, 0) is 19.3 Å². The molecule has 20 heavy (non-hydrogen) atoms. The van der Waals surface area contributed by atoms with Crippen molar-refractivity contribution in [2.24, 2.45) is 11.7 Å². The maximum absolute atomic E-state index is 11.2. The third-order valence-corrected chi connectivity index (χ3v) is 3.74. The van der Waals surface area contributed by atoms with Gasteiger partial charge in [-0.25, -0.2) is 4.98 Å². The number of rotatable bonds is 4. The molecule has 7 nitrogen and oxygen atoms in total. The van der Waals surface area contributed by atoms with Crippen LogP contribution in [0.3, 0.4) is 0 Å². The number of halogens is 1. The van der Waals surface area contributed by atoms with Crippen LogP contribution in [0.4, 0.5) is 11.5 Å². The summed E-state index contributed by atoms with van der Waals surface area (Å²) in [4.78, 5) is 25.2. The molecule has 2 atom stereocenters. The number of carbonyl (C=O) groups excluding carboxylic acids is 1. The van der Waals surface area contributed by atoms with E-state index in [9.17, 15) is 14.9 Å². The summed E-state index contributed by atoms with van der Waals surface area (Å²) in [5.41, 5.74) is 5.17. The van der Waals surface area contributed by atoms with Crippen molar-refractivity contribution < 1.29 is 9.72 Å². The summed E-state index contributed by atoms with van der Waals surface area (Å²) < 4.78 is 0. The van der Waals surface area contributed by atoms with Crippen LogP contribution in [0.15, 0.2) is 12.3 Å². The van der Waals surface area contributed by atoms with Crippen molar-refractivity contribution in [1.29, 1.82) is 0 Å². The van der Waals surface area contributed by atoms with E-state index in [1.54, 1.807) is 0 Å². The van der Waals surface area contributed by atoms with Crippen molar-refractivity contribution in [2.45, 2.75) is 31.7 Å². The molecule has 1 fully saturated rings. The van der Waals surface area contributed by atoms with Crippen molar-refractivity contribution in [3.63, 3.8) is 0 Å². The minimum Gasteiger partial charge on any atom is -0.369 e. The highest BCUT2D eigenvalue weighted by molar-refractivity contribution is 6.33. The van der Waals surface area contributed by atoms with Crippen molar-refractivity contribution in [2.75, 3.05) is 5.32 Å². The molecule has 0 saturated heterocycles. The molecular formula is C12H15ClN4O3. The minimum atomic E-state index is -0.549. The topological polar surface area (TPSA) is 111 Å². The van der Waals surface area contributed by atoms with Crippen molar-refractivity contribution in [1.82, 2.24) is 4.98 Å². The maximum Gasteiger partial charge on any atom is 0.289 e. The van der Waals surface area contributed by atoms with Gasteiger partial charge in [-0.15, -0.1) is 0 Å². The van der Waals surface area contributed by atoms with Gasteiger partial charge in [0.25, 0.3) is 5.69 Å². The Morgan fingerprint density at radius 2 is 2.30 bits per heavy atom. The molecule has 1 aromatic heterocycles. The molecule has 0 bridgehead atoms. The van der Waals surface area contributed by atoms with Gasteiger partial charge in [-0.2, -0.15) is 0 Å². The third-order valence-electron chi connectivity index (χ3n) is 3.45. The highest BCUT2D eigenvalue weighted by Crippen LogP contribution is 2.29. The maximum atomic E-state index is 11.2. The monoisotopic (exact) mass is 298 g/mol. The molecule has 1 aliphatic carbocycles. The molecule has 0 radical (unpaired) electrons. The molecule has 2 unspecified atom stereocenters. The summed E-state index contributed by atoms with van der Waals surface area (Å²) in [6, 6.07) is 1.30. The summed E-state index contributed by atoms with van der Waals surface area (Å²) in [6.45, 7) is 0. The molecule has 0 aromatic carbocycles. The number of nitrogens with zero attached hydrogens (tertiary/aromatic N) is 2. The summed E-state index contributed by atoms with van der Waals surface area (Å²) in [7, 11) is 0.